The standard InChI is InChI=1S/C19H20F3N3O3S/c1-4-24-16-10-9-14(29(27,28)23(2)3)11-17(16)25(18(24)26)12-13-7-5-6-8-15(13)19(20,21)22/h5-11H,4,12H2,1-3H3. The molecule has 6 nitrogen and oxygen atoms in total. The highest BCUT2D eigenvalue weighted by molar-refractivity contribution is 7.89. The minimum Gasteiger partial charge on any atom is -0.292 e. The lowest BCUT2D eigenvalue weighted by molar-refractivity contribution is -0.138. The summed E-state index contributed by atoms with van der Waals surface area (Å²) in [6.45, 7) is 1.70. The van der Waals surface area contributed by atoms with Crippen molar-refractivity contribution in [2.24, 2.45) is 0 Å². The molecule has 0 aliphatic carbocycles. The van der Waals surface area contributed by atoms with Gasteiger partial charge < -0.3 is 0 Å². The molecule has 156 valence electrons. The molecule has 29 heavy (non-hydrogen) atoms. The number of sulfonamides is 1. The SMILES string of the molecule is CCn1c(=O)n(Cc2ccccc2C(F)(F)F)c2cc(S(=O)(=O)N(C)C)ccc21. The Kier molecular flexibility index (Phi) is 5.35. The summed E-state index contributed by atoms with van der Waals surface area (Å²) in [5, 5.41) is 0. The second kappa shape index (κ2) is 7.34. The summed E-state index contributed by atoms with van der Waals surface area (Å²) in [5.41, 5.74) is -0.685. The first kappa shape index (κ1) is 21.1. The van der Waals surface area contributed by atoms with Crippen molar-refractivity contribution in [2.75, 3.05) is 14.1 Å². The largest absolute Gasteiger partial charge is 0.416 e. The van der Waals surface area contributed by atoms with Crippen LogP contribution in [-0.2, 0) is 29.3 Å². The van der Waals surface area contributed by atoms with E-state index < -0.39 is 27.5 Å². The van der Waals surface area contributed by atoms with Crippen LogP contribution in [0.1, 0.15) is 18.1 Å². The van der Waals surface area contributed by atoms with Gasteiger partial charge in [-0.1, -0.05) is 18.2 Å². The number of imidazole rings is 1. The van der Waals surface area contributed by atoms with Crippen LogP contribution in [0.15, 0.2) is 52.2 Å². The lowest BCUT2D eigenvalue weighted by Crippen LogP contribution is -2.25. The van der Waals surface area contributed by atoms with Crippen LogP contribution in [-0.4, -0.2) is 36.0 Å². The molecule has 0 fully saturated rings. The van der Waals surface area contributed by atoms with Crippen molar-refractivity contribution in [1.82, 2.24) is 13.4 Å². The van der Waals surface area contributed by atoms with E-state index in [1.165, 1.54) is 59.6 Å². The zero-order valence-electron chi connectivity index (χ0n) is 16.1. The van der Waals surface area contributed by atoms with Crippen LogP contribution in [0.25, 0.3) is 11.0 Å². The molecule has 0 saturated carbocycles. The molecule has 0 atom stereocenters. The molecule has 1 aromatic heterocycles. The first-order chi connectivity index (χ1) is 13.5. The van der Waals surface area contributed by atoms with E-state index >= 15 is 0 Å². The fourth-order valence-corrected chi connectivity index (χ4v) is 4.16. The molecular weight excluding hydrogens is 407 g/mol. The van der Waals surface area contributed by atoms with Crippen molar-refractivity contribution in [1.29, 1.82) is 0 Å². The quantitative estimate of drug-likeness (QED) is 0.629. The third-order valence-electron chi connectivity index (χ3n) is 4.74. The topological polar surface area (TPSA) is 64.3 Å². The number of halogens is 3. The monoisotopic (exact) mass is 427 g/mol. The van der Waals surface area contributed by atoms with Crippen LogP contribution >= 0.6 is 0 Å². The van der Waals surface area contributed by atoms with Gasteiger partial charge in [-0.25, -0.2) is 17.5 Å². The van der Waals surface area contributed by atoms with Crippen molar-refractivity contribution in [3.05, 3.63) is 64.1 Å². The van der Waals surface area contributed by atoms with Crippen molar-refractivity contribution in [3.63, 3.8) is 0 Å². The zero-order valence-corrected chi connectivity index (χ0v) is 16.9. The summed E-state index contributed by atoms with van der Waals surface area (Å²) >= 11 is 0. The Labute approximate surface area is 165 Å². The van der Waals surface area contributed by atoms with Crippen molar-refractivity contribution >= 4 is 21.1 Å². The zero-order chi connectivity index (χ0) is 21.6. The van der Waals surface area contributed by atoms with Gasteiger partial charge in [0.25, 0.3) is 0 Å². The van der Waals surface area contributed by atoms with Gasteiger partial charge >= 0.3 is 11.9 Å². The summed E-state index contributed by atoms with van der Waals surface area (Å²) in [4.78, 5) is 12.8. The third kappa shape index (κ3) is 3.69. The minimum absolute atomic E-state index is 0.0406. The Bertz CT molecular complexity index is 1220. The molecule has 0 radical (unpaired) electrons. The predicted octanol–water partition coefficient (Wildman–Crippen LogP) is 3.14. The molecule has 0 aliphatic heterocycles. The lowest BCUT2D eigenvalue weighted by Gasteiger charge is -2.14. The fourth-order valence-electron chi connectivity index (χ4n) is 3.23. The molecule has 10 heteroatoms. The molecule has 1 heterocycles. The van der Waals surface area contributed by atoms with Crippen LogP contribution in [0.4, 0.5) is 13.2 Å². The second-order valence-electron chi connectivity index (χ2n) is 6.71. The van der Waals surface area contributed by atoms with Gasteiger partial charge in [-0.3, -0.25) is 9.13 Å². The summed E-state index contributed by atoms with van der Waals surface area (Å²) in [6.07, 6.45) is -4.57. The number of fused-ring (bicyclic) bond motifs is 1. The second-order valence-corrected chi connectivity index (χ2v) is 8.86. The van der Waals surface area contributed by atoms with Crippen LogP contribution in [0.3, 0.4) is 0 Å². The number of benzene rings is 2. The van der Waals surface area contributed by atoms with Gasteiger partial charge in [0.15, 0.2) is 0 Å². The first-order valence-electron chi connectivity index (χ1n) is 8.79. The Morgan fingerprint density at radius 3 is 2.24 bits per heavy atom. The maximum Gasteiger partial charge on any atom is 0.416 e. The van der Waals surface area contributed by atoms with Gasteiger partial charge in [-0.05, 0) is 36.8 Å². The molecule has 0 saturated heterocycles. The Balaban J connectivity index is 2.26. The number of rotatable bonds is 5. The van der Waals surface area contributed by atoms with E-state index in [1.807, 2.05) is 0 Å². The molecule has 3 rings (SSSR count). The number of aryl methyl sites for hydroxylation is 1. The Hall–Kier alpha value is -2.59. The molecule has 0 unspecified atom stereocenters. The molecule has 2 aromatic carbocycles. The van der Waals surface area contributed by atoms with E-state index in [-0.39, 0.29) is 22.5 Å². The van der Waals surface area contributed by atoms with E-state index in [4.69, 9.17) is 0 Å². The average Bonchev–Trinajstić information content (AvgIpc) is 2.91. The van der Waals surface area contributed by atoms with E-state index in [2.05, 4.69) is 0 Å². The molecule has 0 amide bonds. The highest BCUT2D eigenvalue weighted by atomic mass is 32.2. The van der Waals surface area contributed by atoms with E-state index in [9.17, 15) is 26.4 Å². The minimum atomic E-state index is -4.57. The summed E-state index contributed by atoms with van der Waals surface area (Å²) in [5.74, 6) is 0. The summed E-state index contributed by atoms with van der Waals surface area (Å²) in [7, 11) is -1.01. The third-order valence-corrected chi connectivity index (χ3v) is 6.55. The van der Waals surface area contributed by atoms with Gasteiger partial charge in [-0.15, -0.1) is 0 Å². The van der Waals surface area contributed by atoms with Crippen LogP contribution in [0, 0.1) is 0 Å². The van der Waals surface area contributed by atoms with Crippen molar-refractivity contribution < 1.29 is 21.6 Å². The smallest absolute Gasteiger partial charge is 0.292 e. The van der Waals surface area contributed by atoms with E-state index in [0.29, 0.717) is 12.1 Å². The first-order valence-corrected chi connectivity index (χ1v) is 10.2. The van der Waals surface area contributed by atoms with E-state index in [0.717, 1.165) is 10.4 Å². The normalized spacial score (nSPS) is 12.8. The molecule has 0 aliphatic rings. The lowest BCUT2D eigenvalue weighted by atomic mass is 10.1. The van der Waals surface area contributed by atoms with Crippen LogP contribution in [0.2, 0.25) is 0 Å². The average molecular weight is 427 g/mol. The highest BCUT2D eigenvalue weighted by Gasteiger charge is 2.33. The van der Waals surface area contributed by atoms with Gasteiger partial charge in [0.2, 0.25) is 10.0 Å². The van der Waals surface area contributed by atoms with E-state index in [1.54, 1.807) is 6.92 Å². The predicted molar refractivity (Wildman–Crippen MR) is 103 cm³/mol. The van der Waals surface area contributed by atoms with Crippen LogP contribution in [0.5, 0.6) is 0 Å². The number of aromatic nitrogens is 2. The maximum absolute atomic E-state index is 13.4. The molecule has 0 N–H and O–H groups in total. The Morgan fingerprint density at radius 1 is 1.00 bits per heavy atom. The molecule has 0 bridgehead atoms. The van der Waals surface area contributed by atoms with Gasteiger partial charge in [0.05, 0.1) is 28.0 Å². The molecular formula is C19H20F3N3O3S. The van der Waals surface area contributed by atoms with Crippen molar-refractivity contribution in [2.45, 2.75) is 31.1 Å². The number of hydrogen-bond acceptors (Lipinski definition) is 3. The fraction of sp³-hybridized carbons (Fsp3) is 0.316. The Morgan fingerprint density at radius 2 is 1.66 bits per heavy atom. The summed E-state index contributed by atoms with van der Waals surface area (Å²) < 4.78 is 68.7. The van der Waals surface area contributed by atoms with Crippen LogP contribution < -0.4 is 5.69 Å². The molecule has 0 spiro atoms. The number of alkyl halides is 3. The van der Waals surface area contributed by atoms with Crippen molar-refractivity contribution in [3.8, 4) is 0 Å². The molecule has 3 aromatic rings. The maximum atomic E-state index is 13.4. The van der Waals surface area contributed by atoms with Gasteiger partial charge in [0, 0.05) is 20.6 Å². The van der Waals surface area contributed by atoms with Gasteiger partial charge in [-0.2, -0.15) is 13.2 Å². The summed E-state index contributed by atoms with van der Waals surface area (Å²) in [6, 6.07) is 9.24. The highest BCUT2D eigenvalue weighted by Crippen LogP contribution is 2.32. The number of nitrogens with zero attached hydrogens (tertiary/aromatic N) is 3. The van der Waals surface area contributed by atoms with Gasteiger partial charge in [0.1, 0.15) is 0 Å². The number of hydrogen-bond donors (Lipinski definition) is 0.